The van der Waals surface area contributed by atoms with Gasteiger partial charge < -0.3 is 19.8 Å². The summed E-state index contributed by atoms with van der Waals surface area (Å²) >= 11 is 0. The molecule has 1 heterocycles. The highest BCUT2D eigenvalue weighted by Crippen LogP contribution is 2.65. The molecule has 5 heteroatoms. The highest BCUT2D eigenvalue weighted by Gasteiger charge is 2.68. The number of nitrogens with two attached hydrogens (primary N) is 1. The van der Waals surface area contributed by atoms with Crippen LogP contribution in [0.1, 0.15) is 52.0 Å². The lowest BCUT2D eigenvalue weighted by Crippen LogP contribution is -2.65. The Labute approximate surface area is 157 Å². The van der Waals surface area contributed by atoms with E-state index in [1.54, 1.807) is 0 Å². The molecule has 0 amide bonds. The molecular formula is C21H32BNO3. The SMILES string of the molecule is CC1(C)[C@@H]2C[C@H]3OB([C@@H](N)CCCOCc4ccccc4)O[C@@]3(C)[C@H]1C2. The number of hydrogen-bond donors (Lipinski definition) is 1. The van der Waals surface area contributed by atoms with Crippen LogP contribution in [-0.2, 0) is 20.7 Å². The molecular weight excluding hydrogens is 325 g/mol. The van der Waals surface area contributed by atoms with Crippen molar-refractivity contribution in [2.75, 3.05) is 6.61 Å². The average molecular weight is 357 g/mol. The molecule has 2 N–H and O–H groups in total. The minimum atomic E-state index is -0.269. The summed E-state index contributed by atoms with van der Waals surface area (Å²) in [5, 5.41) is 0. The van der Waals surface area contributed by atoms with Crippen LogP contribution in [0, 0.1) is 17.3 Å². The van der Waals surface area contributed by atoms with E-state index in [1.807, 2.05) is 18.2 Å². The highest BCUT2D eigenvalue weighted by molar-refractivity contribution is 6.47. The van der Waals surface area contributed by atoms with Crippen LogP contribution >= 0.6 is 0 Å². The monoisotopic (exact) mass is 357 g/mol. The third kappa shape index (κ3) is 3.13. The smallest absolute Gasteiger partial charge is 0.404 e. The number of hydrogen-bond acceptors (Lipinski definition) is 4. The van der Waals surface area contributed by atoms with Gasteiger partial charge in [-0.25, -0.2) is 0 Å². The second-order valence-electron chi connectivity index (χ2n) is 9.18. The number of benzene rings is 1. The number of ether oxygens (including phenoxy) is 1. The van der Waals surface area contributed by atoms with Crippen molar-refractivity contribution in [1.82, 2.24) is 0 Å². The summed E-state index contributed by atoms with van der Waals surface area (Å²) in [6.07, 6.45) is 4.39. The summed E-state index contributed by atoms with van der Waals surface area (Å²) in [6.45, 7) is 8.38. The van der Waals surface area contributed by atoms with E-state index in [9.17, 15) is 0 Å². The molecule has 3 saturated carbocycles. The predicted molar refractivity (Wildman–Crippen MR) is 103 cm³/mol. The van der Waals surface area contributed by atoms with Crippen molar-refractivity contribution in [3.63, 3.8) is 0 Å². The van der Waals surface area contributed by atoms with Crippen LogP contribution in [0.3, 0.4) is 0 Å². The molecule has 4 aliphatic rings. The van der Waals surface area contributed by atoms with Gasteiger partial charge in [-0.1, -0.05) is 44.2 Å². The first-order valence-corrected chi connectivity index (χ1v) is 10.1. The Morgan fingerprint density at radius 2 is 2.00 bits per heavy atom. The van der Waals surface area contributed by atoms with Crippen molar-refractivity contribution in [2.45, 2.75) is 70.7 Å². The molecule has 1 saturated heterocycles. The molecule has 0 spiro atoms. The average Bonchev–Trinajstić information content (AvgIpc) is 2.99. The van der Waals surface area contributed by atoms with Gasteiger partial charge >= 0.3 is 7.12 Å². The Hall–Kier alpha value is -0.875. The molecule has 1 aliphatic heterocycles. The van der Waals surface area contributed by atoms with Crippen LogP contribution in [0.4, 0.5) is 0 Å². The van der Waals surface area contributed by atoms with E-state index in [2.05, 4.69) is 32.9 Å². The van der Waals surface area contributed by atoms with Crippen LogP contribution < -0.4 is 5.73 Å². The fourth-order valence-corrected chi connectivity index (χ4v) is 5.40. The molecule has 26 heavy (non-hydrogen) atoms. The van der Waals surface area contributed by atoms with Crippen LogP contribution in [0.15, 0.2) is 30.3 Å². The largest absolute Gasteiger partial charge is 0.475 e. The van der Waals surface area contributed by atoms with Gasteiger partial charge in [0.15, 0.2) is 0 Å². The van der Waals surface area contributed by atoms with Crippen molar-refractivity contribution >= 4 is 7.12 Å². The third-order valence-electron chi connectivity index (χ3n) is 7.26. The van der Waals surface area contributed by atoms with Crippen LogP contribution in [0.2, 0.25) is 0 Å². The molecule has 0 aromatic heterocycles. The Morgan fingerprint density at radius 3 is 2.73 bits per heavy atom. The number of rotatable bonds is 7. The first-order chi connectivity index (χ1) is 12.4. The van der Waals surface area contributed by atoms with Crippen molar-refractivity contribution < 1.29 is 14.0 Å². The van der Waals surface area contributed by atoms with Gasteiger partial charge in [-0.15, -0.1) is 0 Å². The van der Waals surface area contributed by atoms with Gasteiger partial charge in [-0.3, -0.25) is 0 Å². The van der Waals surface area contributed by atoms with Crippen molar-refractivity contribution in [3.05, 3.63) is 35.9 Å². The van der Waals surface area contributed by atoms with E-state index in [0.717, 1.165) is 25.2 Å². The Bertz CT molecular complexity index is 625. The van der Waals surface area contributed by atoms with Gasteiger partial charge in [0.1, 0.15) is 0 Å². The molecule has 0 unspecified atom stereocenters. The summed E-state index contributed by atoms with van der Waals surface area (Å²) in [5.74, 6) is 1.28. The van der Waals surface area contributed by atoms with E-state index >= 15 is 0 Å². The van der Waals surface area contributed by atoms with Gasteiger partial charge in [0.25, 0.3) is 0 Å². The summed E-state index contributed by atoms with van der Waals surface area (Å²) in [4.78, 5) is 0. The molecule has 5 rings (SSSR count). The third-order valence-corrected chi connectivity index (χ3v) is 7.26. The second kappa shape index (κ2) is 6.94. The molecule has 5 atom stereocenters. The van der Waals surface area contributed by atoms with E-state index in [1.165, 1.54) is 12.0 Å². The van der Waals surface area contributed by atoms with Gasteiger partial charge in [0.2, 0.25) is 0 Å². The molecule has 3 aliphatic carbocycles. The quantitative estimate of drug-likeness (QED) is 0.599. The lowest BCUT2D eigenvalue weighted by Gasteiger charge is -2.64. The van der Waals surface area contributed by atoms with Crippen molar-refractivity contribution in [3.8, 4) is 0 Å². The van der Waals surface area contributed by atoms with Crippen LogP contribution in [0.5, 0.6) is 0 Å². The van der Waals surface area contributed by atoms with Crippen LogP contribution in [0.25, 0.3) is 0 Å². The maximum atomic E-state index is 6.44. The zero-order chi connectivity index (χ0) is 18.4. The molecule has 2 bridgehead atoms. The molecule has 4 nitrogen and oxygen atoms in total. The maximum absolute atomic E-state index is 6.44. The normalized spacial score (nSPS) is 35.7. The molecule has 0 radical (unpaired) electrons. The van der Waals surface area contributed by atoms with E-state index in [4.69, 9.17) is 19.8 Å². The standard InChI is InChI=1S/C21H32BNO3/c1-20(2)16-12-17(20)21(3)18(13-16)25-22(26-21)19(23)10-7-11-24-14-15-8-5-4-6-9-15/h4-6,8-9,16-19H,7,10-14,23H2,1-3H3/t16-,17-,18+,19-,21-/m0/s1. The maximum Gasteiger partial charge on any atom is 0.475 e. The summed E-state index contributed by atoms with van der Waals surface area (Å²) in [5.41, 5.74) is 7.82. The van der Waals surface area contributed by atoms with Gasteiger partial charge in [0, 0.05) is 12.5 Å². The minimum absolute atomic E-state index is 0.0851. The van der Waals surface area contributed by atoms with Gasteiger partial charge in [-0.05, 0) is 55.4 Å². The zero-order valence-corrected chi connectivity index (χ0v) is 16.3. The minimum Gasteiger partial charge on any atom is -0.404 e. The Balaban J connectivity index is 1.22. The topological polar surface area (TPSA) is 53.7 Å². The zero-order valence-electron chi connectivity index (χ0n) is 16.3. The summed E-state index contributed by atoms with van der Waals surface area (Å²) < 4.78 is 18.5. The first-order valence-electron chi connectivity index (χ1n) is 10.1. The van der Waals surface area contributed by atoms with Gasteiger partial charge in [0.05, 0.1) is 18.3 Å². The fourth-order valence-electron chi connectivity index (χ4n) is 5.40. The molecule has 1 aromatic rings. The molecule has 1 aromatic carbocycles. The van der Waals surface area contributed by atoms with E-state index in [-0.39, 0.29) is 24.8 Å². The molecule has 4 fully saturated rings. The van der Waals surface area contributed by atoms with Crippen LogP contribution in [-0.4, -0.2) is 31.4 Å². The lowest BCUT2D eigenvalue weighted by molar-refractivity contribution is -0.199. The van der Waals surface area contributed by atoms with Crippen molar-refractivity contribution in [1.29, 1.82) is 0 Å². The Morgan fingerprint density at radius 1 is 1.23 bits per heavy atom. The van der Waals surface area contributed by atoms with E-state index < -0.39 is 0 Å². The molecule has 142 valence electrons. The second-order valence-corrected chi connectivity index (χ2v) is 9.18. The highest BCUT2D eigenvalue weighted by atomic mass is 16.7. The predicted octanol–water partition coefficient (Wildman–Crippen LogP) is 3.58. The van der Waals surface area contributed by atoms with E-state index in [0.29, 0.717) is 24.5 Å². The fraction of sp³-hybridized carbons (Fsp3) is 0.714. The summed E-state index contributed by atoms with van der Waals surface area (Å²) in [7, 11) is -0.269. The van der Waals surface area contributed by atoms with Crippen molar-refractivity contribution in [2.24, 2.45) is 23.0 Å². The van der Waals surface area contributed by atoms with Gasteiger partial charge in [-0.2, -0.15) is 0 Å². The Kier molecular flexibility index (Phi) is 4.93. The summed E-state index contributed by atoms with van der Waals surface area (Å²) in [6, 6.07) is 10.3. The lowest BCUT2D eigenvalue weighted by atomic mass is 9.43. The first kappa shape index (κ1) is 18.5.